The van der Waals surface area contributed by atoms with E-state index in [-0.39, 0.29) is 6.04 Å². The average Bonchev–Trinajstić information content (AvgIpc) is 2.15. The van der Waals surface area contributed by atoms with Crippen molar-refractivity contribution in [2.75, 3.05) is 0 Å². The quantitative estimate of drug-likeness (QED) is 0.707. The predicted molar refractivity (Wildman–Crippen MR) is 58.4 cm³/mol. The lowest BCUT2D eigenvalue weighted by molar-refractivity contribution is 0.547. The van der Waals surface area contributed by atoms with Crippen LogP contribution in [0, 0.1) is 13.8 Å². The van der Waals surface area contributed by atoms with Crippen molar-refractivity contribution in [2.45, 2.75) is 33.7 Å². The Labute approximate surface area is 92.7 Å². The zero-order valence-corrected chi connectivity index (χ0v) is 9.72. The SMILES string of the molecule is Cc1nc2nc(=O)nnc-2c(C)n1C(C)C. The zero-order valence-electron chi connectivity index (χ0n) is 9.72. The van der Waals surface area contributed by atoms with E-state index in [1.54, 1.807) is 0 Å². The molecule has 0 saturated heterocycles. The fraction of sp³-hybridized carbons (Fsp3) is 0.500. The topological polar surface area (TPSA) is 73.6 Å². The summed E-state index contributed by atoms with van der Waals surface area (Å²) in [5.41, 5.74) is 0.914. The summed E-state index contributed by atoms with van der Waals surface area (Å²) in [5, 5.41) is 7.28. The molecule has 2 rings (SSSR count). The maximum absolute atomic E-state index is 11.0. The van der Waals surface area contributed by atoms with Crippen molar-refractivity contribution in [3.05, 3.63) is 22.0 Å². The first-order chi connectivity index (χ1) is 7.50. The van der Waals surface area contributed by atoms with Crippen molar-refractivity contribution < 1.29 is 0 Å². The molecule has 2 aliphatic heterocycles. The molecule has 0 N–H and O–H groups in total. The molecule has 16 heavy (non-hydrogen) atoms. The van der Waals surface area contributed by atoms with Gasteiger partial charge in [0.25, 0.3) is 0 Å². The number of hydrogen-bond acceptors (Lipinski definition) is 5. The molecule has 0 aromatic carbocycles. The van der Waals surface area contributed by atoms with Crippen molar-refractivity contribution >= 4 is 0 Å². The number of aryl methyl sites for hydroxylation is 1. The molecule has 0 aromatic heterocycles. The second-order valence-electron chi connectivity index (χ2n) is 3.97. The number of hydrogen-bond donors (Lipinski definition) is 0. The molecule has 2 heterocycles. The highest BCUT2D eigenvalue weighted by molar-refractivity contribution is 5.52. The van der Waals surface area contributed by atoms with Crippen LogP contribution in [0.15, 0.2) is 4.79 Å². The maximum Gasteiger partial charge on any atom is 0.387 e. The van der Waals surface area contributed by atoms with Crippen LogP contribution in [0.2, 0.25) is 0 Å². The van der Waals surface area contributed by atoms with Crippen molar-refractivity contribution in [1.82, 2.24) is 24.7 Å². The Bertz CT molecular complexity index is 560. The Morgan fingerprint density at radius 2 is 1.81 bits per heavy atom. The van der Waals surface area contributed by atoms with Gasteiger partial charge >= 0.3 is 5.69 Å². The molecular formula is C10H13N5O. The van der Waals surface area contributed by atoms with Crippen LogP contribution in [-0.4, -0.2) is 24.7 Å². The standard InChI is InChI=1S/C10H13N5O/c1-5(2)15-6(3)8-9(11-7(15)4)12-10(16)14-13-8/h5H,1-4H3. The molecule has 0 bridgehead atoms. The molecule has 84 valence electrons. The van der Waals surface area contributed by atoms with E-state index in [2.05, 4.69) is 34.0 Å². The van der Waals surface area contributed by atoms with E-state index in [1.165, 1.54) is 0 Å². The second kappa shape index (κ2) is 3.62. The molecule has 0 spiro atoms. The van der Waals surface area contributed by atoms with Crippen LogP contribution in [0.25, 0.3) is 11.5 Å². The average molecular weight is 219 g/mol. The Morgan fingerprint density at radius 1 is 1.12 bits per heavy atom. The molecule has 0 aromatic rings. The Hall–Kier alpha value is -1.85. The molecule has 0 fully saturated rings. The summed E-state index contributed by atoms with van der Waals surface area (Å²) >= 11 is 0. The van der Waals surface area contributed by atoms with E-state index in [0.29, 0.717) is 11.5 Å². The van der Waals surface area contributed by atoms with E-state index in [0.717, 1.165) is 11.5 Å². The number of nitrogens with zero attached hydrogens (tertiary/aromatic N) is 5. The van der Waals surface area contributed by atoms with Gasteiger partial charge in [0, 0.05) is 11.7 Å². The summed E-state index contributed by atoms with van der Waals surface area (Å²) in [6, 6.07) is 0.283. The monoisotopic (exact) mass is 219 g/mol. The first-order valence-corrected chi connectivity index (χ1v) is 5.11. The summed E-state index contributed by atoms with van der Waals surface area (Å²) in [6.45, 7) is 7.95. The van der Waals surface area contributed by atoms with Gasteiger partial charge in [-0.25, -0.2) is 9.78 Å². The molecule has 0 aliphatic carbocycles. The fourth-order valence-corrected chi connectivity index (χ4v) is 1.94. The lowest BCUT2D eigenvalue weighted by Crippen LogP contribution is -2.21. The Kier molecular flexibility index (Phi) is 2.41. The van der Waals surface area contributed by atoms with E-state index < -0.39 is 5.69 Å². The minimum Gasteiger partial charge on any atom is -0.329 e. The van der Waals surface area contributed by atoms with Crippen LogP contribution in [0.4, 0.5) is 0 Å². The summed E-state index contributed by atoms with van der Waals surface area (Å²) in [6.07, 6.45) is 0. The van der Waals surface area contributed by atoms with E-state index in [1.807, 2.05) is 18.4 Å². The highest BCUT2D eigenvalue weighted by Gasteiger charge is 2.17. The van der Waals surface area contributed by atoms with Crippen LogP contribution in [-0.2, 0) is 0 Å². The third-order valence-corrected chi connectivity index (χ3v) is 2.49. The van der Waals surface area contributed by atoms with Gasteiger partial charge in [0.1, 0.15) is 11.5 Å². The van der Waals surface area contributed by atoms with Gasteiger partial charge in [-0.05, 0) is 27.7 Å². The van der Waals surface area contributed by atoms with E-state index in [9.17, 15) is 4.79 Å². The normalized spacial score (nSPS) is 11.3. The van der Waals surface area contributed by atoms with Crippen molar-refractivity contribution in [3.8, 4) is 11.5 Å². The summed E-state index contributed by atoms with van der Waals surface area (Å²) in [5.74, 6) is 1.19. The number of aromatic nitrogens is 5. The third-order valence-electron chi connectivity index (χ3n) is 2.49. The summed E-state index contributed by atoms with van der Waals surface area (Å²) < 4.78 is 2.04. The largest absolute Gasteiger partial charge is 0.387 e. The Morgan fingerprint density at radius 3 is 2.44 bits per heavy atom. The predicted octanol–water partition coefficient (Wildman–Crippen LogP) is 0.731. The molecule has 0 atom stereocenters. The van der Waals surface area contributed by atoms with Crippen LogP contribution >= 0.6 is 0 Å². The van der Waals surface area contributed by atoms with Crippen LogP contribution < -0.4 is 5.69 Å². The number of fused-ring (bicyclic) bond motifs is 1. The van der Waals surface area contributed by atoms with Gasteiger partial charge in [0.05, 0.1) is 0 Å². The van der Waals surface area contributed by atoms with Crippen LogP contribution in [0.5, 0.6) is 0 Å². The van der Waals surface area contributed by atoms with Gasteiger partial charge in [-0.2, -0.15) is 4.98 Å². The molecule has 6 nitrogen and oxygen atoms in total. The first kappa shape index (κ1) is 10.7. The van der Waals surface area contributed by atoms with Gasteiger partial charge in [-0.15, -0.1) is 5.10 Å². The Balaban J connectivity index is 2.84. The van der Waals surface area contributed by atoms with Crippen molar-refractivity contribution in [3.63, 3.8) is 0 Å². The zero-order chi connectivity index (χ0) is 11.9. The van der Waals surface area contributed by atoms with Crippen LogP contribution in [0.3, 0.4) is 0 Å². The summed E-state index contributed by atoms with van der Waals surface area (Å²) in [4.78, 5) is 19.0. The van der Waals surface area contributed by atoms with Gasteiger partial charge in [-0.1, -0.05) is 5.10 Å². The van der Waals surface area contributed by atoms with Gasteiger partial charge in [0.15, 0.2) is 5.82 Å². The molecule has 2 aliphatic rings. The van der Waals surface area contributed by atoms with Gasteiger partial charge in [-0.3, -0.25) is 0 Å². The van der Waals surface area contributed by atoms with Crippen LogP contribution in [0.1, 0.15) is 31.4 Å². The van der Waals surface area contributed by atoms with E-state index in [4.69, 9.17) is 0 Å². The molecule has 0 radical (unpaired) electrons. The maximum atomic E-state index is 11.0. The van der Waals surface area contributed by atoms with Crippen molar-refractivity contribution in [1.29, 1.82) is 0 Å². The smallest absolute Gasteiger partial charge is 0.329 e. The van der Waals surface area contributed by atoms with Gasteiger partial charge < -0.3 is 4.57 Å². The highest BCUT2D eigenvalue weighted by Crippen LogP contribution is 2.21. The summed E-state index contributed by atoms with van der Waals surface area (Å²) in [7, 11) is 0. The lowest BCUT2D eigenvalue weighted by Gasteiger charge is -2.20. The van der Waals surface area contributed by atoms with Gasteiger partial charge in [0.2, 0.25) is 0 Å². The minimum atomic E-state index is -0.596. The molecular weight excluding hydrogens is 206 g/mol. The lowest BCUT2D eigenvalue weighted by atomic mass is 10.2. The minimum absolute atomic E-state index is 0.283. The third kappa shape index (κ3) is 1.56. The first-order valence-electron chi connectivity index (χ1n) is 5.11. The van der Waals surface area contributed by atoms with E-state index >= 15 is 0 Å². The fourth-order valence-electron chi connectivity index (χ4n) is 1.94. The molecule has 6 heteroatoms. The highest BCUT2D eigenvalue weighted by atomic mass is 16.1. The molecule has 0 amide bonds. The second-order valence-corrected chi connectivity index (χ2v) is 3.97. The van der Waals surface area contributed by atoms with Crippen molar-refractivity contribution in [2.24, 2.45) is 0 Å². The molecule has 0 unspecified atom stereocenters. The molecule has 0 saturated carbocycles. The number of rotatable bonds is 1.